The number of piperidine rings is 1. The molecule has 28 heavy (non-hydrogen) atoms. The van der Waals surface area contributed by atoms with Crippen molar-refractivity contribution in [1.29, 1.82) is 0 Å². The Bertz CT molecular complexity index is 697. The number of carbonyl (C=O) groups excluding carboxylic acids is 2. The van der Waals surface area contributed by atoms with E-state index in [9.17, 15) is 9.59 Å². The Morgan fingerprint density at radius 3 is 2.39 bits per heavy atom. The first kappa shape index (κ1) is 19.4. The molecule has 1 aromatic carbocycles. The third-order valence-electron chi connectivity index (χ3n) is 6.61. The lowest BCUT2D eigenvalue weighted by Gasteiger charge is -2.36. The van der Waals surface area contributed by atoms with E-state index < -0.39 is 0 Å². The molecule has 5 nitrogen and oxygen atoms in total. The lowest BCUT2D eigenvalue weighted by molar-refractivity contribution is -0.140. The van der Waals surface area contributed by atoms with E-state index in [0.717, 1.165) is 71.4 Å². The van der Waals surface area contributed by atoms with Crippen LogP contribution in [0.1, 0.15) is 49.7 Å². The second kappa shape index (κ2) is 9.08. The number of nitrogens with zero attached hydrogens (tertiary/aromatic N) is 3. The van der Waals surface area contributed by atoms with E-state index in [2.05, 4.69) is 34.1 Å². The molecule has 3 aliphatic rings. The molecule has 2 saturated heterocycles. The van der Waals surface area contributed by atoms with Gasteiger partial charge in [0.2, 0.25) is 11.8 Å². The van der Waals surface area contributed by atoms with Crippen LogP contribution in [0.25, 0.3) is 0 Å². The normalized spacial score (nSPS) is 23.8. The van der Waals surface area contributed by atoms with Gasteiger partial charge in [0.15, 0.2) is 0 Å². The highest BCUT2D eigenvalue weighted by Crippen LogP contribution is 2.22. The number of likely N-dealkylation sites (tertiary alicyclic amines) is 2. The summed E-state index contributed by atoms with van der Waals surface area (Å²) >= 11 is 0. The topological polar surface area (TPSA) is 43.9 Å². The maximum absolute atomic E-state index is 13.0. The van der Waals surface area contributed by atoms with E-state index in [1.165, 1.54) is 24.0 Å². The molecule has 2 amide bonds. The van der Waals surface area contributed by atoms with Crippen LogP contribution >= 0.6 is 0 Å². The zero-order chi connectivity index (χ0) is 19.3. The molecule has 0 radical (unpaired) electrons. The molecule has 1 atom stereocenters. The van der Waals surface area contributed by atoms with E-state index in [0.29, 0.717) is 12.5 Å². The highest BCUT2D eigenvalue weighted by Gasteiger charge is 2.31. The summed E-state index contributed by atoms with van der Waals surface area (Å²) in [5, 5.41) is 0. The molecule has 2 fully saturated rings. The minimum Gasteiger partial charge on any atom is -0.342 e. The van der Waals surface area contributed by atoms with Crippen molar-refractivity contribution in [1.82, 2.24) is 14.7 Å². The first-order valence-electron chi connectivity index (χ1n) is 11.1. The minimum atomic E-state index is 0.0710. The van der Waals surface area contributed by atoms with Crippen LogP contribution in [0.2, 0.25) is 0 Å². The van der Waals surface area contributed by atoms with Crippen molar-refractivity contribution in [3.05, 3.63) is 35.4 Å². The van der Waals surface area contributed by atoms with Crippen molar-refractivity contribution in [3.63, 3.8) is 0 Å². The SMILES string of the molecule is O=C(CN1CCCC(C(=O)N2CCCCCC2)C1)N1CCc2ccccc2C1. The number of amides is 2. The second-order valence-electron chi connectivity index (χ2n) is 8.65. The lowest BCUT2D eigenvalue weighted by atomic mass is 9.96. The Labute approximate surface area is 168 Å². The highest BCUT2D eigenvalue weighted by molar-refractivity contribution is 5.80. The second-order valence-corrected chi connectivity index (χ2v) is 8.65. The average Bonchev–Trinajstić information content (AvgIpc) is 3.02. The molecule has 5 heteroatoms. The summed E-state index contributed by atoms with van der Waals surface area (Å²) in [4.78, 5) is 32.2. The third-order valence-corrected chi connectivity index (χ3v) is 6.61. The average molecular weight is 384 g/mol. The van der Waals surface area contributed by atoms with Crippen LogP contribution in [0.5, 0.6) is 0 Å². The molecule has 1 aromatic rings. The number of rotatable bonds is 3. The van der Waals surface area contributed by atoms with Crippen LogP contribution in [-0.4, -0.2) is 65.8 Å². The molecule has 0 aromatic heterocycles. The molecule has 0 N–H and O–H groups in total. The standard InChI is InChI=1S/C23H33N3O2/c27-22(26-15-11-19-8-3-4-9-20(19)17-26)18-24-12-7-10-21(16-24)23(28)25-13-5-1-2-6-14-25/h3-4,8-9,21H,1-2,5-7,10-18H2. The molecule has 0 saturated carbocycles. The fraction of sp³-hybridized carbons (Fsp3) is 0.652. The first-order chi connectivity index (χ1) is 13.7. The molecular formula is C23H33N3O2. The Morgan fingerprint density at radius 2 is 1.61 bits per heavy atom. The van der Waals surface area contributed by atoms with Gasteiger partial charge in [0.1, 0.15) is 0 Å². The minimum absolute atomic E-state index is 0.0710. The van der Waals surface area contributed by atoms with Gasteiger partial charge in [-0.1, -0.05) is 37.1 Å². The van der Waals surface area contributed by atoms with Gasteiger partial charge in [-0.25, -0.2) is 0 Å². The summed E-state index contributed by atoms with van der Waals surface area (Å²) in [5.74, 6) is 0.602. The van der Waals surface area contributed by atoms with Gasteiger partial charge in [0.25, 0.3) is 0 Å². The van der Waals surface area contributed by atoms with Gasteiger partial charge in [-0.05, 0) is 49.8 Å². The summed E-state index contributed by atoms with van der Waals surface area (Å²) < 4.78 is 0. The maximum atomic E-state index is 13.0. The van der Waals surface area contributed by atoms with Gasteiger partial charge in [-0.2, -0.15) is 0 Å². The van der Waals surface area contributed by atoms with E-state index in [4.69, 9.17) is 0 Å². The maximum Gasteiger partial charge on any atom is 0.237 e. The van der Waals surface area contributed by atoms with Crippen LogP contribution in [-0.2, 0) is 22.6 Å². The number of hydrogen-bond acceptors (Lipinski definition) is 3. The number of carbonyl (C=O) groups is 2. The van der Waals surface area contributed by atoms with Crippen molar-refractivity contribution in [2.45, 2.75) is 51.5 Å². The van der Waals surface area contributed by atoms with Gasteiger partial charge in [0.05, 0.1) is 12.5 Å². The smallest absolute Gasteiger partial charge is 0.237 e. The molecule has 0 spiro atoms. The van der Waals surface area contributed by atoms with Crippen molar-refractivity contribution in [3.8, 4) is 0 Å². The predicted octanol–water partition coefficient (Wildman–Crippen LogP) is 2.69. The number of fused-ring (bicyclic) bond motifs is 1. The fourth-order valence-corrected chi connectivity index (χ4v) is 4.95. The molecule has 3 aliphatic heterocycles. The molecule has 0 bridgehead atoms. The molecule has 0 aliphatic carbocycles. The van der Waals surface area contributed by atoms with Crippen LogP contribution in [0.4, 0.5) is 0 Å². The Morgan fingerprint density at radius 1 is 0.857 bits per heavy atom. The Kier molecular flexibility index (Phi) is 6.30. The summed E-state index contributed by atoms with van der Waals surface area (Å²) in [5.41, 5.74) is 2.64. The van der Waals surface area contributed by atoms with Crippen LogP contribution in [0.15, 0.2) is 24.3 Å². The van der Waals surface area contributed by atoms with Crippen molar-refractivity contribution in [2.75, 3.05) is 39.3 Å². The van der Waals surface area contributed by atoms with E-state index in [1.807, 2.05) is 4.90 Å². The third kappa shape index (κ3) is 4.57. The van der Waals surface area contributed by atoms with E-state index >= 15 is 0 Å². The molecule has 4 rings (SSSR count). The fourth-order valence-electron chi connectivity index (χ4n) is 4.95. The summed E-state index contributed by atoms with van der Waals surface area (Å²) in [6.07, 6.45) is 7.69. The largest absolute Gasteiger partial charge is 0.342 e. The zero-order valence-electron chi connectivity index (χ0n) is 16.9. The van der Waals surface area contributed by atoms with E-state index in [1.54, 1.807) is 0 Å². The number of hydrogen-bond donors (Lipinski definition) is 0. The summed E-state index contributed by atoms with van der Waals surface area (Å²) in [6.45, 7) is 5.49. The summed E-state index contributed by atoms with van der Waals surface area (Å²) in [7, 11) is 0. The number of benzene rings is 1. The van der Waals surface area contributed by atoms with Crippen molar-refractivity contribution < 1.29 is 9.59 Å². The van der Waals surface area contributed by atoms with Gasteiger partial charge >= 0.3 is 0 Å². The molecule has 3 heterocycles. The van der Waals surface area contributed by atoms with Crippen molar-refractivity contribution in [2.24, 2.45) is 5.92 Å². The Hall–Kier alpha value is -1.88. The molecule has 1 unspecified atom stereocenters. The van der Waals surface area contributed by atoms with Gasteiger partial charge in [-0.3, -0.25) is 14.5 Å². The van der Waals surface area contributed by atoms with Crippen LogP contribution in [0.3, 0.4) is 0 Å². The molecular weight excluding hydrogens is 350 g/mol. The molecule has 152 valence electrons. The van der Waals surface area contributed by atoms with Crippen LogP contribution < -0.4 is 0 Å². The first-order valence-corrected chi connectivity index (χ1v) is 11.1. The highest BCUT2D eigenvalue weighted by atomic mass is 16.2. The lowest BCUT2D eigenvalue weighted by Crippen LogP contribution is -2.49. The van der Waals surface area contributed by atoms with Crippen molar-refractivity contribution >= 4 is 11.8 Å². The van der Waals surface area contributed by atoms with Gasteiger partial charge < -0.3 is 9.80 Å². The predicted molar refractivity (Wildman–Crippen MR) is 110 cm³/mol. The van der Waals surface area contributed by atoms with Gasteiger partial charge in [0, 0.05) is 32.7 Å². The van der Waals surface area contributed by atoms with E-state index in [-0.39, 0.29) is 11.8 Å². The van der Waals surface area contributed by atoms with Gasteiger partial charge in [-0.15, -0.1) is 0 Å². The monoisotopic (exact) mass is 383 g/mol. The summed E-state index contributed by atoms with van der Waals surface area (Å²) in [6, 6.07) is 8.42. The zero-order valence-corrected chi connectivity index (χ0v) is 16.9. The van der Waals surface area contributed by atoms with Crippen LogP contribution in [0, 0.1) is 5.92 Å². The Balaban J connectivity index is 1.31. The quantitative estimate of drug-likeness (QED) is 0.806.